The summed E-state index contributed by atoms with van der Waals surface area (Å²) in [6.07, 6.45) is 2.69. The van der Waals surface area contributed by atoms with E-state index in [0.29, 0.717) is 12.8 Å². The molecule has 0 aromatic heterocycles. The van der Waals surface area contributed by atoms with Crippen LogP contribution in [0.2, 0.25) is 0 Å². The van der Waals surface area contributed by atoms with Crippen molar-refractivity contribution in [1.82, 2.24) is 0 Å². The van der Waals surface area contributed by atoms with Gasteiger partial charge in [-0.1, -0.05) is 64.0 Å². The molecule has 2 aliphatic carbocycles. The molecule has 2 aliphatic rings. The third kappa shape index (κ3) is 6.93. The molecule has 7 heteroatoms. The number of carboxylic acid groups (broad SMARTS) is 1. The molecule has 0 heterocycles. The second kappa shape index (κ2) is 12.6. The minimum Gasteiger partial charge on any atom is -0.478 e. The Morgan fingerprint density at radius 3 is 2.30 bits per heavy atom. The summed E-state index contributed by atoms with van der Waals surface area (Å²) in [5.41, 5.74) is 1.53. The average Bonchev–Trinajstić information content (AvgIpc) is 2.79. The fourth-order valence-corrected chi connectivity index (χ4v) is 7.04. The molecular weight excluding hydrogens is 472 g/mol. The summed E-state index contributed by atoms with van der Waals surface area (Å²) < 4.78 is 0. The molecule has 0 radical (unpaired) electrons. The van der Waals surface area contributed by atoms with Crippen molar-refractivity contribution in [2.75, 3.05) is 0 Å². The van der Waals surface area contributed by atoms with E-state index in [1.165, 1.54) is 0 Å². The van der Waals surface area contributed by atoms with Gasteiger partial charge in [0.1, 0.15) is 0 Å². The van der Waals surface area contributed by atoms with E-state index in [1.807, 2.05) is 40.7 Å². The molecule has 0 aromatic rings. The van der Waals surface area contributed by atoms with Crippen LogP contribution in [0.5, 0.6) is 0 Å². The number of aliphatic hydroxyl groups excluding tert-OH is 5. The zero-order chi connectivity index (χ0) is 28.4. The molecule has 1 fully saturated rings. The van der Waals surface area contributed by atoms with Crippen LogP contribution in [0, 0.1) is 40.9 Å². The highest BCUT2D eigenvalue weighted by Gasteiger charge is 2.55. The number of hydrogen-bond donors (Lipinski definition) is 6. The van der Waals surface area contributed by atoms with Crippen LogP contribution in [-0.2, 0) is 4.79 Å². The Kier molecular flexibility index (Phi) is 10.8. The quantitative estimate of drug-likeness (QED) is 0.190. The number of aliphatic carboxylic acids is 1. The fourth-order valence-electron chi connectivity index (χ4n) is 7.04. The van der Waals surface area contributed by atoms with Crippen molar-refractivity contribution in [3.63, 3.8) is 0 Å². The van der Waals surface area contributed by atoms with Crippen LogP contribution in [0.4, 0.5) is 0 Å². The Morgan fingerprint density at radius 2 is 1.76 bits per heavy atom. The van der Waals surface area contributed by atoms with Crippen molar-refractivity contribution < 1.29 is 35.4 Å². The minimum atomic E-state index is -0.986. The van der Waals surface area contributed by atoms with Crippen LogP contribution < -0.4 is 0 Å². The lowest BCUT2D eigenvalue weighted by Gasteiger charge is -2.56. The third-order valence-corrected chi connectivity index (χ3v) is 9.10. The smallest absolute Gasteiger partial charge is 0.330 e. The van der Waals surface area contributed by atoms with Gasteiger partial charge in [0.2, 0.25) is 0 Å². The van der Waals surface area contributed by atoms with Gasteiger partial charge in [0, 0.05) is 22.8 Å². The molecule has 0 spiro atoms. The Bertz CT molecular complexity index is 890. The van der Waals surface area contributed by atoms with Crippen LogP contribution in [0.3, 0.4) is 0 Å². The van der Waals surface area contributed by atoms with Crippen molar-refractivity contribution in [3.05, 3.63) is 34.9 Å². The number of carbonyl (C=O) groups is 1. The first-order chi connectivity index (χ1) is 17.0. The average molecular weight is 523 g/mol. The van der Waals surface area contributed by atoms with Crippen molar-refractivity contribution in [2.45, 2.75) is 105 Å². The number of aliphatic hydroxyl groups is 5. The third-order valence-electron chi connectivity index (χ3n) is 9.10. The topological polar surface area (TPSA) is 138 Å². The van der Waals surface area contributed by atoms with E-state index in [4.69, 9.17) is 0 Å². The molecular formula is C30H50O7. The molecule has 0 amide bonds. The van der Waals surface area contributed by atoms with Crippen LogP contribution in [0.15, 0.2) is 34.9 Å². The normalized spacial score (nSPS) is 36.4. The number of carboxylic acids is 1. The molecule has 11 atom stereocenters. The largest absolute Gasteiger partial charge is 0.478 e. The van der Waals surface area contributed by atoms with E-state index in [9.17, 15) is 35.4 Å². The first-order valence-corrected chi connectivity index (χ1v) is 13.7. The van der Waals surface area contributed by atoms with Crippen LogP contribution in [0.25, 0.3) is 0 Å². The summed E-state index contributed by atoms with van der Waals surface area (Å²) in [5.74, 6) is -1.68. The van der Waals surface area contributed by atoms with E-state index >= 15 is 0 Å². The predicted octanol–water partition coefficient (Wildman–Crippen LogP) is 3.70. The van der Waals surface area contributed by atoms with Crippen molar-refractivity contribution in [1.29, 1.82) is 0 Å². The van der Waals surface area contributed by atoms with E-state index in [0.717, 1.165) is 11.1 Å². The maximum absolute atomic E-state index is 11.8. The Morgan fingerprint density at radius 1 is 1.16 bits per heavy atom. The highest BCUT2D eigenvalue weighted by molar-refractivity contribution is 5.85. The van der Waals surface area contributed by atoms with Gasteiger partial charge in [-0.05, 0) is 63.7 Å². The fraction of sp³-hybridized carbons (Fsp3) is 0.767. The molecule has 0 aliphatic heterocycles. The maximum atomic E-state index is 11.8. The van der Waals surface area contributed by atoms with E-state index in [1.54, 1.807) is 19.9 Å². The standard InChI is InChI=1S/C30H50O7/c1-15(2)27(34)20(7)23(32)13-21(31)10-9-16(3)25-19(6)14-30(8)26(17(4)12-24(33)28(30)35)22(25)11-18(5)29(36)37/h9,11,14-15,17,20-28,31-35H,10,12-13H2,1-8H3,(H,36,37). The number of hydrogen-bond acceptors (Lipinski definition) is 6. The monoisotopic (exact) mass is 522 g/mol. The van der Waals surface area contributed by atoms with Crippen molar-refractivity contribution >= 4 is 5.97 Å². The van der Waals surface area contributed by atoms with Gasteiger partial charge in [-0.3, -0.25) is 0 Å². The Balaban J connectivity index is 2.37. The molecule has 0 aromatic carbocycles. The van der Waals surface area contributed by atoms with Gasteiger partial charge in [-0.25, -0.2) is 4.79 Å². The summed E-state index contributed by atoms with van der Waals surface area (Å²) in [5, 5.41) is 62.6. The first-order valence-electron chi connectivity index (χ1n) is 13.7. The van der Waals surface area contributed by atoms with E-state index in [2.05, 4.69) is 13.0 Å². The van der Waals surface area contributed by atoms with E-state index in [-0.39, 0.29) is 47.5 Å². The van der Waals surface area contributed by atoms with Crippen molar-refractivity contribution in [3.8, 4) is 0 Å². The zero-order valence-corrected chi connectivity index (χ0v) is 23.8. The Labute approximate surface area is 222 Å². The molecule has 0 saturated heterocycles. The molecule has 212 valence electrons. The van der Waals surface area contributed by atoms with Crippen LogP contribution >= 0.6 is 0 Å². The summed E-state index contributed by atoms with van der Waals surface area (Å²) >= 11 is 0. The van der Waals surface area contributed by atoms with Gasteiger partial charge in [-0.2, -0.15) is 0 Å². The lowest BCUT2D eigenvalue weighted by Crippen LogP contribution is -2.57. The molecule has 7 nitrogen and oxygen atoms in total. The van der Waals surface area contributed by atoms with Crippen LogP contribution in [-0.4, -0.2) is 67.1 Å². The van der Waals surface area contributed by atoms with E-state index < -0.39 is 41.9 Å². The molecule has 2 rings (SSSR count). The van der Waals surface area contributed by atoms with Gasteiger partial charge in [0.05, 0.1) is 30.5 Å². The van der Waals surface area contributed by atoms with Gasteiger partial charge in [-0.15, -0.1) is 0 Å². The Hall–Kier alpha value is -1.51. The van der Waals surface area contributed by atoms with Gasteiger partial charge in [0.15, 0.2) is 0 Å². The molecule has 0 bridgehead atoms. The lowest BCUT2D eigenvalue weighted by molar-refractivity contribution is -0.134. The van der Waals surface area contributed by atoms with Gasteiger partial charge >= 0.3 is 5.97 Å². The summed E-state index contributed by atoms with van der Waals surface area (Å²) in [6.45, 7) is 15.1. The maximum Gasteiger partial charge on any atom is 0.330 e. The molecule has 6 N–H and O–H groups in total. The zero-order valence-electron chi connectivity index (χ0n) is 23.8. The van der Waals surface area contributed by atoms with Gasteiger partial charge in [0.25, 0.3) is 0 Å². The SMILES string of the molecule is CC(=CC1C(C(C)=CCC(O)CC(O)C(C)C(O)C(C)C)C(C)=CC2(C)C(O)C(O)CC(C)C12)C(=O)O. The second-order valence-corrected chi connectivity index (χ2v) is 12.4. The molecule has 1 saturated carbocycles. The van der Waals surface area contributed by atoms with Crippen molar-refractivity contribution in [2.24, 2.45) is 40.9 Å². The number of fused-ring (bicyclic) bond motifs is 1. The number of allylic oxidation sites excluding steroid dienone is 3. The highest BCUT2D eigenvalue weighted by Crippen LogP contribution is 2.57. The summed E-state index contributed by atoms with van der Waals surface area (Å²) in [4.78, 5) is 11.8. The molecule has 11 unspecified atom stereocenters. The second-order valence-electron chi connectivity index (χ2n) is 12.4. The van der Waals surface area contributed by atoms with Crippen LogP contribution in [0.1, 0.15) is 74.7 Å². The van der Waals surface area contributed by atoms with Gasteiger partial charge < -0.3 is 30.6 Å². The summed E-state index contributed by atoms with van der Waals surface area (Å²) in [6, 6.07) is 0. The molecule has 37 heavy (non-hydrogen) atoms. The summed E-state index contributed by atoms with van der Waals surface area (Å²) in [7, 11) is 0. The first kappa shape index (κ1) is 31.7. The predicted molar refractivity (Wildman–Crippen MR) is 145 cm³/mol. The highest BCUT2D eigenvalue weighted by atomic mass is 16.4. The minimum absolute atomic E-state index is 0.0109. The lowest BCUT2D eigenvalue weighted by atomic mass is 9.50. The number of rotatable bonds is 10.